The number of furan rings is 1. The molecule has 0 saturated carbocycles. The number of nitrogens with zero attached hydrogens (tertiary/aromatic N) is 3. The zero-order chi connectivity index (χ0) is 37.2. The Bertz CT molecular complexity index is 3660. The van der Waals surface area contributed by atoms with E-state index in [9.17, 15) is 0 Å². The minimum Gasteiger partial charge on any atom is -0.456 e. The fraction of sp³-hybridized carbons (Fsp3) is 0. The van der Waals surface area contributed by atoms with Gasteiger partial charge in [0.05, 0.1) is 16.7 Å². The highest BCUT2D eigenvalue weighted by Crippen LogP contribution is 2.46. The van der Waals surface area contributed by atoms with Gasteiger partial charge in [0.25, 0.3) is 0 Å². The van der Waals surface area contributed by atoms with E-state index in [0.717, 1.165) is 105 Å². The third-order valence-electron chi connectivity index (χ3n) is 11.8. The molecule has 9 aromatic carbocycles. The topological polar surface area (TPSA) is 57.0 Å². The van der Waals surface area contributed by atoms with Crippen molar-refractivity contribution in [3.8, 4) is 39.5 Å². The zero-order valence-corrected chi connectivity index (χ0v) is 30.4. The number of para-hydroxylation sites is 1. The highest BCUT2D eigenvalue weighted by molar-refractivity contribution is 6.33. The first kappa shape index (κ1) is 30.6. The number of hydrogen-bond donors (Lipinski definition) is 0. The summed E-state index contributed by atoms with van der Waals surface area (Å²) in [6.07, 6.45) is 0. The van der Waals surface area contributed by atoms with Crippen LogP contribution in [-0.2, 0) is 0 Å². The van der Waals surface area contributed by atoms with Crippen molar-refractivity contribution < 1.29 is 8.83 Å². The van der Waals surface area contributed by atoms with Crippen LogP contribution in [0.3, 0.4) is 0 Å². The summed E-state index contributed by atoms with van der Waals surface area (Å²) in [5.74, 6) is 0.650. The summed E-state index contributed by atoms with van der Waals surface area (Å²) >= 11 is 0. The second-order valence-corrected chi connectivity index (χ2v) is 14.9. The van der Waals surface area contributed by atoms with Crippen LogP contribution in [0.25, 0.3) is 127 Å². The van der Waals surface area contributed by atoms with Crippen molar-refractivity contribution >= 4 is 87.4 Å². The van der Waals surface area contributed by atoms with Crippen LogP contribution in [0.5, 0.6) is 0 Å². The highest BCUT2D eigenvalue weighted by atomic mass is 16.3. The molecule has 0 fully saturated rings. The first-order valence-electron chi connectivity index (χ1n) is 19.2. The van der Waals surface area contributed by atoms with E-state index in [4.69, 9.17) is 18.8 Å². The highest BCUT2D eigenvalue weighted by Gasteiger charge is 2.24. The lowest BCUT2D eigenvalue weighted by molar-refractivity contribution is 0.664. The molecule has 0 unspecified atom stereocenters. The molecule has 5 heteroatoms. The quantitative estimate of drug-likeness (QED) is 0.181. The van der Waals surface area contributed by atoms with Crippen LogP contribution in [0.4, 0.5) is 0 Å². The third-order valence-corrected chi connectivity index (χ3v) is 11.8. The van der Waals surface area contributed by atoms with Gasteiger partial charge in [-0.3, -0.25) is 0 Å². The first-order chi connectivity index (χ1) is 28.3. The molecular weight excluding hydrogens is 699 g/mol. The molecule has 0 saturated heterocycles. The Balaban J connectivity index is 1.09. The van der Waals surface area contributed by atoms with Crippen molar-refractivity contribution in [2.75, 3.05) is 0 Å². The number of benzene rings is 9. The normalized spacial score (nSPS) is 12.2. The van der Waals surface area contributed by atoms with E-state index in [0.29, 0.717) is 11.4 Å². The Morgan fingerprint density at radius 2 is 1.02 bits per heavy atom. The van der Waals surface area contributed by atoms with Gasteiger partial charge in [-0.25, -0.2) is 9.97 Å². The van der Waals surface area contributed by atoms with E-state index < -0.39 is 0 Å². The molecule has 5 nitrogen and oxygen atoms in total. The van der Waals surface area contributed by atoms with Gasteiger partial charge in [0, 0.05) is 43.4 Å². The number of rotatable bonds is 4. The number of hydrogen-bond acceptors (Lipinski definition) is 4. The molecule has 0 atom stereocenters. The van der Waals surface area contributed by atoms with Crippen molar-refractivity contribution in [3.05, 3.63) is 176 Å². The van der Waals surface area contributed by atoms with Gasteiger partial charge < -0.3 is 13.4 Å². The van der Waals surface area contributed by atoms with E-state index in [1.165, 1.54) is 10.8 Å². The zero-order valence-electron chi connectivity index (χ0n) is 30.4. The summed E-state index contributed by atoms with van der Waals surface area (Å²) < 4.78 is 15.7. The summed E-state index contributed by atoms with van der Waals surface area (Å²) in [4.78, 5) is 10.7. The van der Waals surface area contributed by atoms with Crippen molar-refractivity contribution in [2.24, 2.45) is 0 Å². The molecule has 13 rings (SSSR count). The minimum absolute atomic E-state index is 0.650. The molecule has 4 heterocycles. The van der Waals surface area contributed by atoms with Crippen molar-refractivity contribution in [2.45, 2.75) is 0 Å². The second-order valence-electron chi connectivity index (χ2n) is 14.9. The van der Waals surface area contributed by atoms with Gasteiger partial charge in [-0.15, -0.1) is 0 Å². The van der Waals surface area contributed by atoms with Crippen LogP contribution in [0.2, 0.25) is 0 Å². The molecule has 13 aromatic rings. The van der Waals surface area contributed by atoms with Gasteiger partial charge in [0.1, 0.15) is 28.0 Å². The molecule has 4 aromatic heterocycles. The van der Waals surface area contributed by atoms with Gasteiger partial charge in [-0.05, 0) is 81.9 Å². The van der Waals surface area contributed by atoms with Crippen LogP contribution in [0, 0.1) is 0 Å². The van der Waals surface area contributed by atoms with E-state index in [-0.39, 0.29) is 0 Å². The Morgan fingerprint density at radius 3 is 1.77 bits per heavy atom. The van der Waals surface area contributed by atoms with E-state index in [2.05, 4.69) is 156 Å². The summed E-state index contributed by atoms with van der Waals surface area (Å²) in [6.45, 7) is 0. The van der Waals surface area contributed by atoms with Crippen molar-refractivity contribution in [1.29, 1.82) is 0 Å². The van der Waals surface area contributed by atoms with Gasteiger partial charge >= 0.3 is 0 Å². The van der Waals surface area contributed by atoms with E-state index in [1.54, 1.807) is 0 Å². The summed E-state index contributed by atoms with van der Waals surface area (Å²) in [6, 6.07) is 61.8. The predicted octanol–water partition coefficient (Wildman–Crippen LogP) is 14.1. The average Bonchev–Trinajstić information content (AvgIpc) is 3.77. The first-order valence-corrected chi connectivity index (χ1v) is 19.2. The molecule has 0 bridgehead atoms. The standard InChI is InChI=1S/C52H29N3O2/c1-2-11-30(12-3-1)33-15-8-16-34(29-33)49-51-50(38-19-6-7-20-42(38)57-51)54-52(53-49)37-25-28-39(36-18-5-4-17-35(36)37)55-40-26-23-31-13-9-21-43-45(31)47(40)48-41(55)27-24-32-14-10-22-44(56-43)46(32)48/h1-29H. The maximum atomic E-state index is 6.69. The molecule has 0 aliphatic rings. The van der Waals surface area contributed by atoms with Gasteiger partial charge in [-0.1, -0.05) is 121 Å². The van der Waals surface area contributed by atoms with Crippen LogP contribution >= 0.6 is 0 Å². The molecule has 0 N–H and O–H groups in total. The average molecular weight is 728 g/mol. The van der Waals surface area contributed by atoms with Gasteiger partial charge in [-0.2, -0.15) is 0 Å². The Labute approximate surface area is 325 Å². The van der Waals surface area contributed by atoms with Crippen LogP contribution < -0.4 is 0 Å². The summed E-state index contributed by atoms with van der Waals surface area (Å²) in [7, 11) is 0. The Kier molecular flexibility index (Phi) is 6.10. The third kappa shape index (κ3) is 4.28. The lowest BCUT2D eigenvalue weighted by Crippen LogP contribution is -1.99. The lowest BCUT2D eigenvalue weighted by atomic mass is 10.00. The summed E-state index contributed by atoms with van der Waals surface area (Å²) in [5, 5.41) is 10.2. The minimum atomic E-state index is 0.650. The molecule has 57 heavy (non-hydrogen) atoms. The summed E-state index contributed by atoms with van der Waals surface area (Å²) in [5.41, 5.74) is 12.4. The van der Waals surface area contributed by atoms with Crippen LogP contribution in [0.15, 0.2) is 185 Å². The van der Waals surface area contributed by atoms with Crippen LogP contribution in [0.1, 0.15) is 0 Å². The molecule has 0 aliphatic carbocycles. The molecule has 264 valence electrons. The van der Waals surface area contributed by atoms with Gasteiger partial charge in [0.15, 0.2) is 11.4 Å². The molecule has 0 aliphatic heterocycles. The van der Waals surface area contributed by atoms with Crippen LogP contribution in [-0.4, -0.2) is 14.5 Å². The second kappa shape index (κ2) is 11.4. The number of fused-ring (bicyclic) bond motifs is 4. The fourth-order valence-electron chi connectivity index (χ4n) is 9.28. The smallest absolute Gasteiger partial charge is 0.180 e. The SMILES string of the molecule is c1ccc(-c2cccc(-c3nc(-c4ccc(-n5c6ccc7cccc8oc9cccc%10ccc5c(c%109)c6c78)c5ccccc45)nc4c3oc3ccccc34)c2)cc1. The molecule has 0 radical (unpaired) electrons. The molecular formula is C52H29N3O2. The molecule has 0 amide bonds. The maximum Gasteiger partial charge on any atom is 0.180 e. The van der Waals surface area contributed by atoms with E-state index in [1.807, 2.05) is 24.3 Å². The Hall–Kier alpha value is -7.76. The fourth-order valence-corrected chi connectivity index (χ4v) is 9.28. The number of aromatic nitrogens is 3. The van der Waals surface area contributed by atoms with Gasteiger partial charge in [0.2, 0.25) is 0 Å². The monoisotopic (exact) mass is 727 g/mol. The predicted molar refractivity (Wildman–Crippen MR) is 233 cm³/mol. The largest absolute Gasteiger partial charge is 0.456 e. The maximum absolute atomic E-state index is 6.69. The molecule has 0 spiro atoms. The Morgan fingerprint density at radius 1 is 0.404 bits per heavy atom. The van der Waals surface area contributed by atoms with Crippen molar-refractivity contribution in [3.63, 3.8) is 0 Å². The van der Waals surface area contributed by atoms with Crippen molar-refractivity contribution in [1.82, 2.24) is 14.5 Å². The van der Waals surface area contributed by atoms with E-state index >= 15 is 0 Å². The lowest BCUT2D eigenvalue weighted by Gasteiger charge is -2.15.